The highest BCUT2D eigenvalue weighted by Gasteiger charge is 1.96. The van der Waals surface area contributed by atoms with E-state index >= 15 is 0 Å². The van der Waals surface area contributed by atoms with E-state index in [1.54, 1.807) is 12.2 Å². The van der Waals surface area contributed by atoms with E-state index in [9.17, 15) is 8.78 Å². The molecule has 1 aromatic rings. The molecule has 0 aliphatic rings. The van der Waals surface area contributed by atoms with Gasteiger partial charge in [0.15, 0.2) is 0 Å². The van der Waals surface area contributed by atoms with Crippen LogP contribution in [0.1, 0.15) is 5.56 Å². The van der Waals surface area contributed by atoms with Gasteiger partial charge in [-0.05, 0) is 17.7 Å². The molecule has 0 atom stereocenters. The van der Waals surface area contributed by atoms with Crippen LogP contribution in [-0.2, 0) is 0 Å². The number of hydrogen-bond donors (Lipinski definition) is 0. The Hall–Kier alpha value is -0.890. The van der Waals surface area contributed by atoms with Crippen LogP contribution in [0.5, 0.6) is 0 Å². The molecule has 0 spiro atoms. The summed E-state index contributed by atoms with van der Waals surface area (Å²) in [6.07, 6.45) is 3.19. The van der Waals surface area contributed by atoms with Gasteiger partial charge in [-0.25, -0.2) is 8.78 Å². The smallest absolute Gasteiger partial charge is 0.126 e. The Balaban J connectivity index is 2.93. The van der Waals surface area contributed by atoms with Gasteiger partial charge in [0.05, 0.1) is 0 Å². The zero-order valence-electron chi connectivity index (χ0n) is 6.23. The van der Waals surface area contributed by atoms with Crippen molar-refractivity contribution in [2.75, 3.05) is 5.88 Å². The Bertz CT molecular complexity index is 274. The highest BCUT2D eigenvalue weighted by molar-refractivity contribution is 6.19. The number of halogens is 3. The van der Waals surface area contributed by atoms with Crippen molar-refractivity contribution in [3.63, 3.8) is 0 Å². The van der Waals surface area contributed by atoms with Gasteiger partial charge in [-0.2, -0.15) is 0 Å². The highest BCUT2D eigenvalue weighted by atomic mass is 35.5. The van der Waals surface area contributed by atoms with E-state index in [-0.39, 0.29) is 0 Å². The number of hydrogen-bond acceptors (Lipinski definition) is 0. The molecule has 0 N–H and O–H groups in total. The lowest BCUT2D eigenvalue weighted by Gasteiger charge is -1.94. The van der Waals surface area contributed by atoms with E-state index in [0.29, 0.717) is 11.4 Å². The summed E-state index contributed by atoms with van der Waals surface area (Å²) < 4.78 is 25.1. The Kier molecular flexibility index (Phi) is 3.23. The fourth-order valence-electron chi connectivity index (χ4n) is 0.852. The molecule has 0 aliphatic heterocycles. The van der Waals surface area contributed by atoms with Crippen molar-refractivity contribution in [3.8, 4) is 0 Å². The first-order valence-corrected chi connectivity index (χ1v) is 3.94. The molecule has 0 nitrogen and oxygen atoms in total. The number of rotatable bonds is 2. The van der Waals surface area contributed by atoms with Gasteiger partial charge in [-0.15, -0.1) is 11.6 Å². The Morgan fingerprint density at radius 1 is 1.17 bits per heavy atom. The quantitative estimate of drug-likeness (QED) is 0.626. The third-order valence-corrected chi connectivity index (χ3v) is 1.46. The largest absolute Gasteiger partial charge is 0.207 e. The SMILES string of the molecule is Fc1cc(F)cc(/C=C/CCl)c1. The summed E-state index contributed by atoms with van der Waals surface area (Å²) in [5.74, 6) is -0.827. The average Bonchev–Trinajstić information content (AvgIpc) is 1.99. The predicted octanol–water partition coefficient (Wildman–Crippen LogP) is 3.22. The first-order chi connectivity index (χ1) is 5.72. The van der Waals surface area contributed by atoms with Gasteiger partial charge in [0, 0.05) is 11.9 Å². The van der Waals surface area contributed by atoms with Crippen molar-refractivity contribution in [1.82, 2.24) is 0 Å². The molecule has 0 heterocycles. The van der Waals surface area contributed by atoms with Crippen LogP contribution in [0.2, 0.25) is 0 Å². The normalized spacial score (nSPS) is 10.9. The maximum absolute atomic E-state index is 12.5. The van der Waals surface area contributed by atoms with Gasteiger partial charge >= 0.3 is 0 Å². The molecule has 0 radical (unpaired) electrons. The molecule has 12 heavy (non-hydrogen) atoms. The fourth-order valence-corrected chi connectivity index (χ4v) is 0.941. The van der Waals surface area contributed by atoms with Crippen molar-refractivity contribution in [2.24, 2.45) is 0 Å². The van der Waals surface area contributed by atoms with Crippen LogP contribution in [0.4, 0.5) is 8.78 Å². The van der Waals surface area contributed by atoms with Gasteiger partial charge < -0.3 is 0 Å². The topological polar surface area (TPSA) is 0 Å². The van der Waals surface area contributed by atoms with Crippen LogP contribution in [0.15, 0.2) is 24.3 Å². The maximum atomic E-state index is 12.5. The first-order valence-electron chi connectivity index (χ1n) is 3.41. The average molecular weight is 189 g/mol. The third kappa shape index (κ3) is 2.62. The number of allylic oxidation sites excluding steroid dienone is 1. The minimum atomic E-state index is -0.579. The monoisotopic (exact) mass is 188 g/mol. The Morgan fingerprint density at radius 3 is 2.25 bits per heavy atom. The lowest BCUT2D eigenvalue weighted by molar-refractivity contribution is 0.583. The van der Waals surface area contributed by atoms with Gasteiger partial charge in [0.1, 0.15) is 11.6 Å². The molecule has 0 aromatic heterocycles. The third-order valence-electron chi connectivity index (χ3n) is 1.28. The second kappa shape index (κ2) is 4.21. The van der Waals surface area contributed by atoms with Crippen LogP contribution in [0.3, 0.4) is 0 Å². The second-order valence-corrected chi connectivity index (χ2v) is 2.57. The summed E-state index contributed by atoms with van der Waals surface area (Å²) in [6, 6.07) is 3.32. The lowest BCUT2D eigenvalue weighted by atomic mass is 10.2. The summed E-state index contributed by atoms with van der Waals surface area (Å²) in [5, 5.41) is 0. The van der Waals surface area contributed by atoms with Gasteiger partial charge in [-0.3, -0.25) is 0 Å². The van der Waals surface area contributed by atoms with E-state index in [2.05, 4.69) is 0 Å². The molecule has 0 bridgehead atoms. The molecule has 64 valence electrons. The highest BCUT2D eigenvalue weighted by Crippen LogP contribution is 2.09. The van der Waals surface area contributed by atoms with Gasteiger partial charge in [0.25, 0.3) is 0 Å². The zero-order valence-corrected chi connectivity index (χ0v) is 6.98. The molecular weight excluding hydrogens is 182 g/mol. The van der Waals surface area contributed by atoms with Crippen LogP contribution in [0, 0.1) is 11.6 Å². The summed E-state index contributed by atoms with van der Waals surface area (Å²) in [6.45, 7) is 0. The van der Waals surface area contributed by atoms with E-state index in [1.165, 1.54) is 12.1 Å². The summed E-state index contributed by atoms with van der Waals surface area (Å²) in [7, 11) is 0. The minimum Gasteiger partial charge on any atom is -0.207 e. The summed E-state index contributed by atoms with van der Waals surface area (Å²) in [4.78, 5) is 0. The molecule has 0 saturated heterocycles. The zero-order chi connectivity index (χ0) is 8.97. The number of alkyl halides is 1. The predicted molar refractivity (Wildman–Crippen MR) is 46.1 cm³/mol. The lowest BCUT2D eigenvalue weighted by Crippen LogP contribution is -1.81. The van der Waals surface area contributed by atoms with Crippen molar-refractivity contribution in [3.05, 3.63) is 41.5 Å². The van der Waals surface area contributed by atoms with Crippen molar-refractivity contribution < 1.29 is 8.78 Å². The number of benzene rings is 1. The Labute approximate surface area is 74.5 Å². The van der Waals surface area contributed by atoms with E-state index in [4.69, 9.17) is 11.6 Å². The van der Waals surface area contributed by atoms with Crippen LogP contribution >= 0.6 is 11.6 Å². The molecule has 0 fully saturated rings. The van der Waals surface area contributed by atoms with Crippen molar-refractivity contribution in [2.45, 2.75) is 0 Å². The molecular formula is C9H7ClF2. The van der Waals surface area contributed by atoms with Crippen LogP contribution < -0.4 is 0 Å². The minimum absolute atomic E-state index is 0.331. The molecule has 0 aliphatic carbocycles. The van der Waals surface area contributed by atoms with Crippen molar-refractivity contribution in [1.29, 1.82) is 0 Å². The summed E-state index contributed by atoms with van der Waals surface area (Å²) in [5.41, 5.74) is 0.480. The molecule has 1 rings (SSSR count). The van der Waals surface area contributed by atoms with E-state index < -0.39 is 11.6 Å². The first kappa shape index (κ1) is 9.20. The molecule has 0 saturated carbocycles. The van der Waals surface area contributed by atoms with Gasteiger partial charge in [-0.1, -0.05) is 12.2 Å². The van der Waals surface area contributed by atoms with Crippen LogP contribution in [-0.4, -0.2) is 5.88 Å². The Morgan fingerprint density at radius 2 is 1.75 bits per heavy atom. The summed E-state index contributed by atoms with van der Waals surface area (Å²) >= 11 is 5.36. The van der Waals surface area contributed by atoms with Gasteiger partial charge in [0.2, 0.25) is 0 Å². The molecule has 3 heteroatoms. The van der Waals surface area contributed by atoms with Crippen molar-refractivity contribution >= 4 is 17.7 Å². The molecule has 0 amide bonds. The van der Waals surface area contributed by atoms with E-state index in [0.717, 1.165) is 6.07 Å². The molecule has 1 aromatic carbocycles. The second-order valence-electron chi connectivity index (χ2n) is 2.26. The maximum Gasteiger partial charge on any atom is 0.126 e. The fraction of sp³-hybridized carbons (Fsp3) is 0.111. The van der Waals surface area contributed by atoms with E-state index in [1.807, 2.05) is 0 Å². The van der Waals surface area contributed by atoms with Crippen LogP contribution in [0.25, 0.3) is 6.08 Å². The standard InChI is InChI=1S/C9H7ClF2/c10-3-1-2-7-4-8(11)6-9(12)5-7/h1-2,4-6H,3H2/b2-1+. The molecule has 0 unspecified atom stereocenters.